The number of methoxy groups -OCH3 is 1. The van der Waals surface area contributed by atoms with Gasteiger partial charge < -0.3 is 15.2 Å². The van der Waals surface area contributed by atoms with Gasteiger partial charge in [-0.2, -0.15) is 8.42 Å². The molecule has 1 heterocycles. The minimum atomic E-state index is -4.56. The number of rotatable bonds is 6. The van der Waals surface area contributed by atoms with E-state index in [9.17, 15) is 18.0 Å². The van der Waals surface area contributed by atoms with E-state index in [-0.39, 0.29) is 11.4 Å². The van der Waals surface area contributed by atoms with Crippen LogP contribution in [0.3, 0.4) is 0 Å². The Balaban J connectivity index is 2.94. The van der Waals surface area contributed by atoms with E-state index < -0.39 is 33.8 Å². The third-order valence-corrected chi connectivity index (χ3v) is 2.94. The fourth-order valence-corrected chi connectivity index (χ4v) is 1.98. The maximum atomic E-state index is 11.8. The number of hydrogen-bond donors (Lipinski definition) is 3. The molecule has 1 aromatic heterocycles. The van der Waals surface area contributed by atoms with Crippen molar-refractivity contribution < 1.29 is 32.4 Å². The van der Waals surface area contributed by atoms with Crippen LogP contribution >= 0.6 is 0 Å². The predicted octanol–water partition coefficient (Wildman–Crippen LogP) is -0.839. The van der Waals surface area contributed by atoms with Crippen LogP contribution in [0.5, 0.6) is 5.75 Å². The molecule has 0 aliphatic rings. The van der Waals surface area contributed by atoms with Crippen molar-refractivity contribution in [1.29, 1.82) is 0 Å². The van der Waals surface area contributed by atoms with Gasteiger partial charge in [0.25, 0.3) is 16.0 Å². The molecule has 10 heteroatoms. The summed E-state index contributed by atoms with van der Waals surface area (Å²) < 4.78 is 34.9. The normalized spacial score (nSPS) is 12.5. The first-order valence-electron chi connectivity index (χ1n) is 5.22. The Labute approximate surface area is 114 Å². The fraction of sp³-hybridized carbons (Fsp3) is 0.300. The minimum Gasteiger partial charge on any atom is -0.494 e. The van der Waals surface area contributed by atoms with Crippen LogP contribution in [0, 0.1) is 0 Å². The average Bonchev–Trinajstić information content (AvgIpc) is 2.36. The number of aromatic nitrogens is 1. The highest BCUT2D eigenvalue weighted by molar-refractivity contribution is 7.85. The van der Waals surface area contributed by atoms with E-state index >= 15 is 0 Å². The van der Waals surface area contributed by atoms with Crippen LogP contribution in [-0.4, -0.2) is 53.8 Å². The molecular weight excluding hydrogens is 292 g/mol. The molecule has 0 fully saturated rings. The molecule has 1 amide bonds. The predicted molar refractivity (Wildman–Crippen MR) is 66.1 cm³/mol. The van der Waals surface area contributed by atoms with Gasteiger partial charge in [0.2, 0.25) is 0 Å². The molecule has 0 aliphatic carbocycles. The molecule has 0 spiro atoms. The van der Waals surface area contributed by atoms with E-state index in [0.717, 1.165) is 0 Å². The number of carbonyl (C=O) groups is 2. The zero-order chi connectivity index (χ0) is 15.3. The molecule has 20 heavy (non-hydrogen) atoms. The maximum absolute atomic E-state index is 11.8. The molecule has 1 aromatic rings. The highest BCUT2D eigenvalue weighted by Crippen LogP contribution is 2.14. The number of hydrogen-bond acceptors (Lipinski definition) is 6. The van der Waals surface area contributed by atoms with Crippen molar-refractivity contribution in [3.63, 3.8) is 0 Å². The van der Waals surface area contributed by atoms with Crippen LogP contribution in [-0.2, 0) is 14.9 Å². The number of pyridine rings is 1. The summed E-state index contributed by atoms with van der Waals surface area (Å²) in [6, 6.07) is 1.13. The Morgan fingerprint density at radius 2 is 2.15 bits per heavy atom. The molecule has 3 N–H and O–H groups in total. The summed E-state index contributed by atoms with van der Waals surface area (Å²) >= 11 is 0. The quantitative estimate of drug-likeness (QED) is 0.577. The number of ether oxygens (including phenoxy) is 1. The summed E-state index contributed by atoms with van der Waals surface area (Å²) in [4.78, 5) is 26.4. The fourth-order valence-electron chi connectivity index (χ4n) is 1.34. The van der Waals surface area contributed by atoms with Crippen molar-refractivity contribution in [2.75, 3.05) is 12.9 Å². The zero-order valence-corrected chi connectivity index (χ0v) is 11.1. The largest absolute Gasteiger partial charge is 0.494 e. The second kappa shape index (κ2) is 6.30. The third kappa shape index (κ3) is 4.48. The summed E-state index contributed by atoms with van der Waals surface area (Å²) in [5.41, 5.74) is -0.198. The molecule has 0 radical (unpaired) electrons. The first-order valence-corrected chi connectivity index (χ1v) is 6.83. The van der Waals surface area contributed by atoms with Gasteiger partial charge in [-0.15, -0.1) is 0 Å². The highest BCUT2D eigenvalue weighted by Gasteiger charge is 2.27. The van der Waals surface area contributed by atoms with Gasteiger partial charge in [-0.05, 0) is 12.1 Å². The lowest BCUT2D eigenvalue weighted by atomic mass is 10.2. The van der Waals surface area contributed by atoms with Crippen LogP contribution in [0.1, 0.15) is 10.5 Å². The van der Waals surface area contributed by atoms with Crippen molar-refractivity contribution >= 4 is 22.0 Å². The monoisotopic (exact) mass is 304 g/mol. The molecule has 0 unspecified atom stereocenters. The van der Waals surface area contributed by atoms with Gasteiger partial charge in [-0.25, -0.2) is 9.78 Å². The van der Waals surface area contributed by atoms with Gasteiger partial charge in [0, 0.05) is 6.20 Å². The number of aliphatic carboxylic acids is 1. The molecular formula is C10H12N2O7S. The van der Waals surface area contributed by atoms with Crippen molar-refractivity contribution in [3.8, 4) is 5.75 Å². The standard InChI is InChI=1S/C10H12N2O7S/c1-19-7-3-2-4-11-8(7)9(13)12-6(10(14)15)5-20(16,17)18/h2-4,6H,5H2,1H3,(H,12,13)(H,14,15)(H,16,17,18)/t6-/m0/s1. The number of carbonyl (C=O) groups excluding carboxylic acids is 1. The lowest BCUT2D eigenvalue weighted by Crippen LogP contribution is -2.45. The van der Waals surface area contributed by atoms with Crippen LogP contribution in [0.4, 0.5) is 0 Å². The number of carboxylic acids is 1. The number of nitrogens with one attached hydrogen (secondary N) is 1. The molecule has 0 saturated carbocycles. The molecule has 0 aromatic carbocycles. The van der Waals surface area contributed by atoms with Crippen molar-refractivity contribution in [1.82, 2.24) is 10.3 Å². The second-order valence-corrected chi connectivity index (χ2v) is 5.16. The SMILES string of the molecule is COc1cccnc1C(=O)N[C@@H](CS(=O)(=O)O)C(=O)O. The topological polar surface area (TPSA) is 143 Å². The van der Waals surface area contributed by atoms with Crippen molar-refractivity contribution in [2.45, 2.75) is 6.04 Å². The van der Waals surface area contributed by atoms with Crippen molar-refractivity contribution in [2.24, 2.45) is 0 Å². The average molecular weight is 304 g/mol. The third-order valence-electron chi connectivity index (χ3n) is 2.19. The Hall–Kier alpha value is -2.20. The Kier molecular flexibility index (Phi) is 5.00. The van der Waals surface area contributed by atoms with Crippen LogP contribution < -0.4 is 10.1 Å². The van der Waals surface area contributed by atoms with Gasteiger partial charge in [0.15, 0.2) is 5.69 Å². The smallest absolute Gasteiger partial charge is 0.327 e. The maximum Gasteiger partial charge on any atom is 0.327 e. The summed E-state index contributed by atoms with van der Waals surface area (Å²) in [5.74, 6) is -3.59. The van der Waals surface area contributed by atoms with Crippen LogP contribution in [0.15, 0.2) is 18.3 Å². The number of amides is 1. The van der Waals surface area contributed by atoms with E-state index in [0.29, 0.717) is 0 Å². The summed E-state index contributed by atoms with van der Waals surface area (Å²) in [7, 11) is -3.27. The number of nitrogens with zero attached hydrogens (tertiary/aromatic N) is 1. The summed E-state index contributed by atoms with van der Waals surface area (Å²) in [5, 5.41) is 10.8. The molecule has 1 atom stereocenters. The Morgan fingerprint density at radius 1 is 1.50 bits per heavy atom. The van der Waals surface area contributed by atoms with Gasteiger partial charge in [-0.3, -0.25) is 9.35 Å². The first kappa shape index (κ1) is 15.9. The van der Waals surface area contributed by atoms with E-state index in [1.807, 2.05) is 5.32 Å². The lowest BCUT2D eigenvalue weighted by molar-refractivity contribution is -0.138. The van der Waals surface area contributed by atoms with Gasteiger partial charge in [-0.1, -0.05) is 0 Å². The number of carboxylic acid groups (broad SMARTS) is 1. The lowest BCUT2D eigenvalue weighted by Gasteiger charge is -2.13. The molecule has 9 nitrogen and oxygen atoms in total. The van der Waals surface area contributed by atoms with Crippen molar-refractivity contribution in [3.05, 3.63) is 24.0 Å². The van der Waals surface area contributed by atoms with E-state index in [2.05, 4.69) is 4.98 Å². The molecule has 110 valence electrons. The van der Waals surface area contributed by atoms with E-state index in [4.69, 9.17) is 14.4 Å². The van der Waals surface area contributed by atoms with Gasteiger partial charge >= 0.3 is 5.97 Å². The van der Waals surface area contributed by atoms with E-state index in [1.165, 1.54) is 25.4 Å². The summed E-state index contributed by atoms with van der Waals surface area (Å²) in [6.45, 7) is 0. The second-order valence-electron chi connectivity index (χ2n) is 3.67. The van der Waals surface area contributed by atoms with Gasteiger partial charge in [0.1, 0.15) is 17.5 Å². The Bertz CT molecular complexity index is 614. The molecule has 1 rings (SSSR count). The molecule has 0 bridgehead atoms. The zero-order valence-electron chi connectivity index (χ0n) is 10.3. The first-order chi connectivity index (χ1) is 9.24. The minimum absolute atomic E-state index is 0.0981. The highest BCUT2D eigenvalue weighted by atomic mass is 32.2. The molecule has 0 saturated heterocycles. The van der Waals surface area contributed by atoms with Crippen LogP contribution in [0.2, 0.25) is 0 Å². The molecule has 0 aliphatic heterocycles. The van der Waals surface area contributed by atoms with E-state index in [1.54, 1.807) is 0 Å². The summed E-state index contributed by atoms with van der Waals surface area (Å²) in [6.07, 6.45) is 1.29. The van der Waals surface area contributed by atoms with Gasteiger partial charge in [0.05, 0.1) is 7.11 Å². The van der Waals surface area contributed by atoms with Crippen LogP contribution in [0.25, 0.3) is 0 Å². The Morgan fingerprint density at radius 3 is 2.65 bits per heavy atom.